The molecule has 1 saturated heterocycles. The summed E-state index contributed by atoms with van der Waals surface area (Å²) >= 11 is 0. The summed E-state index contributed by atoms with van der Waals surface area (Å²) in [5.41, 5.74) is 10.5. The second-order valence-electron chi connectivity index (χ2n) is 8.93. The molecule has 10 heteroatoms. The number of amides is 1. The van der Waals surface area contributed by atoms with E-state index in [2.05, 4.69) is 54.1 Å². The van der Waals surface area contributed by atoms with E-state index >= 15 is 0 Å². The van der Waals surface area contributed by atoms with Crippen LogP contribution in [0.1, 0.15) is 32.4 Å². The standard InChI is InChI=1S/C16H23N5O.C9H12N3P.C5H10/c1-12-15(18-2)8-14(9-19-12)20-16(22)11-21-7-5-13(10-21)4-3-6-17;10-3-8(6-13)7-1-2-9(4-11)12-5-7;1-3-5-4-2/h3-4,6,8-9,13,17-18H,5,7,10-11H2,1-2H3,(H,20,22);1-6,10,12H,11,13H2;3,5H,4H2,1-2H3/b4-3+,17-6?;8-6+,9-4-,10-3?;5-3+. The lowest BCUT2D eigenvalue weighted by atomic mass is 10.1. The molecule has 7 N–H and O–H groups in total. The molecular formula is C30H45N8OP. The van der Waals surface area contributed by atoms with Crippen LogP contribution in [0.5, 0.6) is 0 Å². The highest BCUT2D eigenvalue weighted by atomic mass is 31.0. The van der Waals surface area contributed by atoms with E-state index in [0.29, 0.717) is 18.2 Å². The van der Waals surface area contributed by atoms with Crippen molar-refractivity contribution >= 4 is 39.0 Å². The maximum Gasteiger partial charge on any atom is 0.238 e. The lowest BCUT2D eigenvalue weighted by Crippen LogP contribution is -2.31. The highest BCUT2D eigenvalue weighted by Gasteiger charge is 2.22. The number of aromatic nitrogens is 1. The number of nitrogens with zero attached hydrogens (tertiary/aromatic N) is 2. The van der Waals surface area contributed by atoms with Crippen LogP contribution in [0.25, 0.3) is 0 Å². The second kappa shape index (κ2) is 20.1. The minimum Gasteiger partial charge on any atom is -0.403 e. The Bertz CT molecular complexity index is 1150. The van der Waals surface area contributed by atoms with E-state index in [9.17, 15) is 4.79 Å². The third kappa shape index (κ3) is 12.8. The normalized spacial score (nSPS) is 17.8. The van der Waals surface area contributed by atoms with Gasteiger partial charge in [0.15, 0.2) is 0 Å². The lowest BCUT2D eigenvalue weighted by molar-refractivity contribution is -0.117. The molecule has 2 atom stereocenters. The van der Waals surface area contributed by atoms with Crippen LogP contribution >= 0.6 is 9.24 Å². The van der Waals surface area contributed by atoms with Crippen molar-refractivity contribution in [3.8, 4) is 0 Å². The molecule has 0 spiro atoms. The fraction of sp³-hybridized carbons (Fsp3) is 0.333. The molecule has 1 aromatic heterocycles. The number of anilines is 2. The van der Waals surface area contributed by atoms with Crippen molar-refractivity contribution in [1.29, 1.82) is 10.8 Å². The maximum absolute atomic E-state index is 12.1. The van der Waals surface area contributed by atoms with Crippen molar-refractivity contribution in [3.05, 3.63) is 89.5 Å². The molecular weight excluding hydrogens is 519 g/mol. The van der Waals surface area contributed by atoms with Crippen LogP contribution < -0.4 is 21.7 Å². The van der Waals surface area contributed by atoms with E-state index in [0.717, 1.165) is 54.2 Å². The van der Waals surface area contributed by atoms with Crippen molar-refractivity contribution in [3.63, 3.8) is 0 Å². The number of carbonyl (C=O) groups is 1. The number of pyridine rings is 1. The minimum absolute atomic E-state index is 0.0237. The van der Waals surface area contributed by atoms with Crippen LogP contribution in [-0.4, -0.2) is 54.9 Å². The van der Waals surface area contributed by atoms with Gasteiger partial charge in [-0.15, -0.1) is 9.24 Å². The molecule has 2 aliphatic heterocycles. The first-order valence-corrected chi connectivity index (χ1v) is 14.0. The van der Waals surface area contributed by atoms with Crippen molar-refractivity contribution in [2.24, 2.45) is 11.7 Å². The number of dihydropyridines is 1. The van der Waals surface area contributed by atoms with Crippen molar-refractivity contribution in [2.75, 3.05) is 37.3 Å². The Kier molecular flexibility index (Phi) is 17.2. The highest BCUT2D eigenvalue weighted by molar-refractivity contribution is 7.20. The van der Waals surface area contributed by atoms with Gasteiger partial charge >= 0.3 is 0 Å². The average molecular weight is 565 g/mol. The Morgan fingerprint density at radius 2 is 2.12 bits per heavy atom. The van der Waals surface area contributed by atoms with E-state index < -0.39 is 0 Å². The van der Waals surface area contributed by atoms with E-state index in [1.807, 2.05) is 57.2 Å². The highest BCUT2D eigenvalue weighted by Crippen LogP contribution is 2.19. The number of hydrogen-bond donors (Lipinski definition) is 6. The SMILES string of the molecule is C/C=C/CC.CNc1cc(NC(=O)CN2CCC(/C=C/C=N)C2)cnc1C.N=C/C(=C\P)C1=CN/C(=C\N)C=C1. The van der Waals surface area contributed by atoms with Crippen LogP contribution in [-0.2, 0) is 4.79 Å². The number of rotatable bonds is 9. The molecule has 0 bridgehead atoms. The zero-order chi connectivity index (χ0) is 29.8. The van der Waals surface area contributed by atoms with E-state index in [1.165, 1.54) is 18.6 Å². The largest absolute Gasteiger partial charge is 0.403 e. The summed E-state index contributed by atoms with van der Waals surface area (Å²) in [4.78, 5) is 18.5. The molecule has 216 valence electrons. The summed E-state index contributed by atoms with van der Waals surface area (Å²) in [7, 11) is 4.31. The molecule has 0 aliphatic carbocycles. The first kappa shape index (κ1) is 34.2. The van der Waals surface area contributed by atoms with Crippen molar-refractivity contribution in [2.45, 2.75) is 33.6 Å². The molecule has 3 heterocycles. The predicted molar refractivity (Wildman–Crippen MR) is 174 cm³/mol. The fourth-order valence-electron chi connectivity index (χ4n) is 3.82. The summed E-state index contributed by atoms with van der Waals surface area (Å²) in [6.45, 7) is 8.24. The van der Waals surface area contributed by atoms with Gasteiger partial charge in [-0.2, -0.15) is 0 Å². The van der Waals surface area contributed by atoms with Gasteiger partial charge in [0.1, 0.15) is 0 Å². The van der Waals surface area contributed by atoms with Crippen LogP contribution in [0.3, 0.4) is 0 Å². The monoisotopic (exact) mass is 564 g/mol. The number of hydrogen-bond acceptors (Lipinski definition) is 8. The van der Waals surface area contributed by atoms with Gasteiger partial charge < -0.3 is 32.5 Å². The third-order valence-electron chi connectivity index (χ3n) is 5.95. The van der Waals surface area contributed by atoms with Crippen molar-refractivity contribution < 1.29 is 4.79 Å². The minimum atomic E-state index is -0.0237. The molecule has 3 rings (SSSR count). The van der Waals surface area contributed by atoms with Crippen LogP contribution in [0.15, 0.2) is 83.8 Å². The van der Waals surface area contributed by atoms with E-state index in [-0.39, 0.29) is 5.91 Å². The predicted octanol–water partition coefficient (Wildman–Crippen LogP) is 5.11. The van der Waals surface area contributed by atoms with Gasteiger partial charge in [-0.1, -0.05) is 37.0 Å². The van der Waals surface area contributed by atoms with Gasteiger partial charge in [0, 0.05) is 44.0 Å². The van der Waals surface area contributed by atoms with Gasteiger partial charge in [-0.3, -0.25) is 14.7 Å². The van der Waals surface area contributed by atoms with E-state index in [1.54, 1.807) is 12.3 Å². The number of carbonyl (C=O) groups excluding carboxylic acids is 1. The zero-order valence-corrected chi connectivity index (χ0v) is 25.2. The molecule has 2 aliphatic rings. The van der Waals surface area contributed by atoms with Crippen LogP contribution in [0, 0.1) is 23.7 Å². The molecule has 0 aromatic carbocycles. The van der Waals surface area contributed by atoms with Gasteiger partial charge in [0.25, 0.3) is 0 Å². The zero-order valence-electron chi connectivity index (χ0n) is 24.1. The fourth-order valence-corrected chi connectivity index (χ4v) is 4.11. The molecule has 2 unspecified atom stereocenters. The summed E-state index contributed by atoms with van der Waals surface area (Å²) in [6.07, 6.45) is 21.5. The van der Waals surface area contributed by atoms with Gasteiger partial charge in [0.05, 0.1) is 35.5 Å². The average Bonchev–Trinajstić information content (AvgIpc) is 3.42. The quantitative estimate of drug-likeness (QED) is 0.140. The number of nitrogens with two attached hydrogens (primary N) is 1. The Balaban J connectivity index is 0.000000375. The molecule has 1 fully saturated rings. The summed E-state index contributed by atoms with van der Waals surface area (Å²) in [5, 5.41) is 23.1. The summed E-state index contributed by atoms with van der Waals surface area (Å²) in [6, 6.07) is 1.89. The lowest BCUT2D eigenvalue weighted by Gasteiger charge is -2.15. The Labute approximate surface area is 241 Å². The number of aryl methyl sites for hydroxylation is 1. The van der Waals surface area contributed by atoms with Crippen LogP contribution in [0.2, 0.25) is 0 Å². The molecule has 40 heavy (non-hydrogen) atoms. The first-order chi connectivity index (χ1) is 19.3. The summed E-state index contributed by atoms with van der Waals surface area (Å²) < 4.78 is 0. The topological polar surface area (TPSA) is 143 Å². The van der Waals surface area contributed by atoms with Gasteiger partial charge in [-0.25, -0.2) is 0 Å². The second-order valence-corrected chi connectivity index (χ2v) is 9.27. The molecule has 0 radical (unpaired) electrons. The van der Waals surface area contributed by atoms with Crippen LogP contribution in [0.4, 0.5) is 11.4 Å². The molecule has 1 aromatic rings. The summed E-state index contributed by atoms with van der Waals surface area (Å²) in [5.74, 6) is 2.22. The third-order valence-corrected chi connectivity index (χ3v) is 6.31. The first-order valence-electron chi connectivity index (χ1n) is 13.3. The Morgan fingerprint density at radius 1 is 1.35 bits per heavy atom. The molecule has 9 nitrogen and oxygen atoms in total. The molecule has 0 saturated carbocycles. The Morgan fingerprint density at radius 3 is 2.65 bits per heavy atom. The van der Waals surface area contributed by atoms with E-state index in [4.69, 9.17) is 16.6 Å². The maximum atomic E-state index is 12.1. The Hall–Kier alpha value is -3.81. The smallest absolute Gasteiger partial charge is 0.238 e. The molecule has 1 amide bonds. The van der Waals surface area contributed by atoms with Gasteiger partial charge in [-0.05, 0) is 62.9 Å². The van der Waals surface area contributed by atoms with Gasteiger partial charge in [0.2, 0.25) is 5.91 Å². The number of allylic oxidation sites excluding steroid dienone is 7. The number of nitrogens with one attached hydrogen (secondary N) is 5. The number of likely N-dealkylation sites (tertiary alicyclic amines) is 1. The van der Waals surface area contributed by atoms with Crippen molar-refractivity contribution in [1.82, 2.24) is 15.2 Å².